The van der Waals surface area contributed by atoms with Crippen LogP contribution in [0.3, 0.4) is 0 Å². The number of aryl methyl sites for hydroxylation is 1. The van der Waals surface area contributed by atoms with E-state index in [2.05, 4.69) is 43.3 Å². The summed E-state index contributed by atoms with van der Waals surface area (Å²) < 4.78 is 13.0. The van der Waals surface area contributed by atoms with Crippen molar-refractivity contribution < 1.29 is 9.26 Å². The molecule has 178 valence electrons. The van der Waals surface area contributed by atoms with Crippen molar-refractivity contribution in [1.29, 1.82) is 0 Å². The van der Waals surface area contributed by atoms with Crippen molar-refractivity contribution in [3.8, 4) is 17.4 Å². The lowest BCUT2D eigenvalue weighted by atomic mass is 10.2. The number of aromatic nitrogens is 6. The van der Waals surface area contributed by atoms with Gasteiger partial charge in [0.15, 0.2) is 11.3 Å². The summed E-state index contributed by atoms with van der Waals surface area (Å²) in [7, 11) is 2.17. The maximum atomic E-state index is 6.17. The first-order valence-corrected chi connectivity index (χ1v) is 11.7. The first kappa shape index (κ1) is 21.6. The second-order valence-corrected chi connectivity index (χ2v) is 8.96. The molecule has 0 spiro atoms. The molecule has 1 fully saturated rings. The summed E-state index contributed by atoms with van der Waals surface area (Å²) in [5.41, 5.74) is 3.26. The SMILES string of the molecule is Cc1cc(-c2nnc3c4ccccc4c(OCc4ccc(CN5CCN(C)CC5)cn4)nn23)no1. The van der Waals surface area contributed by atoms with Crippen LogP contribution < -0.4 is 4.74 Å². The molecule has 10 nitrogen and oxygen atoms in total. The molecule has 1 aliphatic rings. The lowest BCUT2D eigenvalue weighted by molar-refractivity contribution is 0.148. The Balaban J connectivity index is 1.24. The summed E-state index contributed by atoms with van der Waals surface area (Å²) in [5, 5.41) is 19.2. The van der Waals surface area contributed by atoms with Crippen LogP contribution in [0.15, 0.2) is 53.2 Å². The highest BCUT2D eigenvalue weighted by atomic mass is 16.5. The van der Waals surface area contributed by atoms with E-state index >= 15 is 0 Å². The van der Waals surface area contributed by atoms with Gasteiger partial charge in [0.25, 0.3) is 0 Å². The Morgan fingerprint density at radius 2 is 1.83 bits per heavy atom. The maximum Gasteiger partial charge on any atom is 0.240 e. The van der Waals surface area contributed by atoms with Crippen LogP contribution in [0.1, 0.15) is 17.0 Å². The zero-order valence-electron chi connectivity index (χ0n) is 19.8. The predicted molar refractivity (Wildman–Crippen MR) is 130 cm³/mol. The van der Waals surface area contributed by atoms with E-state index < -0.39 is 0 Å². The molecule has 4 aromatic heterocycles. The van der Waals surface area contributed by atoms with E-state index in [1.807, 2.05) is 49.5 Å². The van der Waals surface area contributed by atoms with Crippen LogP contribution in [-0.2, 0) is 13.2 Å². The van der Waals surface area contributed by atoms with Gasteiger partial charge in [-0.1, -0.05) is 29.4 Å². The summed E-state index contributed by atoms with van der Waals surface area (Å²) in [5.74, 6) is 1.67. The molecule has 0 amide bonds. The zero-order valence-corrected chi connectivity index (χ0v) is 19.8. The van der Waals surface area contributed by atoms with Crippen molar-refractivity contribution in [2.45, 2.75) is 20.1 Å². The number of nitrogens with zero attached hydrogens (tertiary/aromatic N) is 8. The molecule has 5 aromatic rings. The molecule has 0 unspecified atom stereocenters. The minimum Gasteiger partial charge on any atom is -0.470 e. The molecule has 5 heterocycles. The van der Waals surface area contributed by atoms with Crippen molar-refractivity contribution in [3.63, 3.8) is 0 Å². The highest BCUT2D eigenvalue weighted by molar-refractivity contribution is 5.96. The smallest absolute Gasteiger partial charge is 0.240 e. The molecule has 1 saturated heterocycles. The zero-order chi connectivity index (χ0) is 23.8. The molecule has 0 radical (unpaired) electrons. The van der Waals surface area contributed by atoms with Gasteiger partial charge >= 0.3 is 0 Å². The largest absolute Gasteiger partial charge is 0.470 e. The minimum atomic E-state index is 0.303. The van der Waals surface area contributed by atoms with Crippen LogP contribution in [0.4, 0.5) is 0 Å². The molecule has 1 aromatic carbocycles. The van der Waals surface area contributed by atoms with Gasteiger partial charge in [-0.25, -0.2) is 0 Å². The van der Waals surface area contributed by atoms with Crippen molar-refractivity contribution in [2.24, 2.45) is 0 Å². The highest BCUT2D eigenvalue weighted by Crippen LogP contribution is 2.29. The Kier molecular flexibility index (Phi) is 5.59. The van der Waals surface area contributed by atoms with E-state index in [1.165, 1.54) is 5.56 Å². The molecule has 0 bridgehead atoms. The summed E-state index contributed by atoms with van der Waals surface area (Å²) >= 11 is 0. The Hall–Kier alpha value is -3.89. The Morgan fingerprint density at radius 1 is 1.00 bits per heavy atom. The number of hydrogen-bond acceptors (Lipinski definition) is 9. The molecule has 0 aliphatic carbocycles. The first-order valence-electron chi connectivity index (χ1n) is 11.7. The molecule has 0 N–H and O–H groups in total. The van der Waals surface area contributed by atoms with Gasteiger partial charge < -0.3 is 14.2 Å². The van der Waals surface area contributed by atoms with E-state index in [9.17, 15) is 0 Å². The third kappa shape index (κ3) is 4.33. The van der Waals surface area contributed by atoms with E-state index in [0.717, 1.165) is 49.2 Å². The quantitative estimate of drug-likeness (QED) is 0.371. The standard InChI is InChI=1S/C25H26N8O2/c1-17-13-22(30-35-17)24-28-27-23-20-5-3-4-6-21(20)25(29-33(23)24)34-16-19-8-7-18(14-26-19)15-32-11-9-31(2)10-12-32/h3-8,13-14H,9-12,15-16H2,1-2H3. The van der Waals surface area contributed by atoms with Gasteiger partial charge in [-0.15, -0.1) is 15.3 Å². The van der Waals surface area contributed by atoms with Crippen LogP contribution in [0.5, 0.6) is 5.88 Å². The maximum absolute atomic E-state index is 6.17. The van der Waals surface area contributed by atoms with Crippen molar-refractivity contribution in [3.05, 3.63) is 65.7 Å². The van der Waals surface area contributed by atoms with Crippen molar-refractivity contribution in [2.75, 3.05) is 33.2 Å². The summed E-state index contributed by atoms with van der Waals surface area (Å²) in [6.45, 7) is 7.44. The second kappa shape index (κ2) is 9.05. The molecule has 0 atom stereocenters. The van der Waals surface area contributed by atoms with Crippen molar-refractivity contribution in [1.82, 2.24) is 39.8 Å². The predicted octanol–water partition coefficient (Wildman–Crippen LogP) is 2.96. The van der Waals surface area contributed by atoms with Crippen LogP contribution in [-0.4, -0.2) is 73.0 Å². The number of ether oxygens (including phenoxy) is 1. The minimum absolute atomic E-state index is 0.303. The number of hydrogen-bond donors (Lipinski definition) is 0. The van der Waals surface area contributed by atoms with Gasteiger partial charge in [0.1, 0.15) is 12.4 Å². The third-order valence-corrected chi connectivity index (χ3v) is 6.33. The molecule has 0 saturated carbocycles. The van der Waals surface area contributed by atoms with Gasteiger partial charge in [-0.2, -0.15) is 4.52 Å². The summed E-state index contributed by atoms with van der Waals surface area (Å²) in [4.78, 5) is 9.46. The lowest BCUT2D eigenvalue weighted by Crippen LogP contribution is -2.43. The summed E-state index contributed by atoms with van der Waals surface area (Å²) in [6.07, 6.45) is 1.94. The molecule has 10 heteroatoms. The average molecular weight is 471 g/mol. The van der Waals surface area contributed by atoms with Crippen LogP contribution in [0.25, 0.3) is 27.9 Å². The van der Waals surface area contributed by atoms with Gasteiger partial charge in [-0.05, 0) is 31.7 Å². The Labute approximate surface area is 202 Å². The number of benzene rings is 1. The molecular formula is C25H26N8O2. The number of pyridine rings is 1. The fourth-order valence-corrected chi connectivity index (χ4v) is 4.33. The number of rotatable bonds is 6. The van der Waals surface area contributed by atoms with Gasteiger partial charge in [-0.3, -0.25) is 9.88 Å². The van der Waals surface area contributed by atoms with E-state index in [0.29, 0.717) is 35.4 Å². The molecule has 1 aliphatic heterocycles. The molecular weight excluding hydrogens is 444 g/mol. The fraction of sp³-hybridized carbons (Fsp3) is 0.320. The first-order chi connectivity index (χ1) is 17.1. The average Bonchev–Trinajstić information content (AvgIpc) is 3.51. The lowest BCUT2D eigenvalue weighted by Gasteiger charge is -2.32. The van der Waals surface area contributed by atoms with Crippen LogP contribution in [0.2, 0.25) is 0 Å². The molecule has 35 heavy (non-hydrogen) atoms. The van der Waals surface area contributed by atoms with Crippen LogP contribution >= 0.6 is 0 Å². The monoisotopic (exact) mass is 470 g/mol. The highest BCUT2D eigenvalue weighted by Gasteiger charge is 2.19. The van der Waals surface area contributed by atoms with Crippen LogP contribution in [0, 0.1) is 6.92 Å². The van der Waals surface area contributed by atoms with Crippen molar-refractivity contribution >= 4 is 16.4 Å². The number of fused-ring (bicyclic) bond motifs is 3. The fourth-order valence-electron chi connectivity index (χ4n) is 4.33. The van der Waals surface area contributed by atoms with E-state index in [-0.39, 0.29) is 0 Å². The topological polar surface area (TPSA) is 97.7 Å². The Morgan fingerprint density at radius 3 is 2.57 bits per heavy atom. The van der Waals surface area contributed by atoms with Gasteiger partial charge in [0.05, 0.1) is 5.69 Å². The van der Waals surface area contributed by atoms with Gasteiger partial charge in [0, 0.05) is 55.8 Å². The summed E-state index contributed by atoms with van der Waals surface area (Å²) in [6, 6.07) is 13.8. The second-order valence-electron chi connectivity index (χ2n) is 8.96. The van der Waals surface area contributed by atoms with Gasteiger partial charge in [0.2, 0.25) is 11.7 Å². The molecule has 6 rings (SSSR count). The number of piperazine rings is 1. The number of likely N-dealkylation sites (N-methyl/N-ethyl adjacent to an activating group) is 1. The normalized spacial score (nSPS) is 15.3. The Bertz CT molecular complexity index is 1470. The van der Waals surface area contributed by atoms with E-state index in [4.69, 9.17) is 14.4 Å². The third-order valence-electron chi connectivity index (χ3n) is 6.33. The van der Waals surface area contributed by atoms with E-state index in [1.54, 1.807) is 4.52 Å².